The second-order valence-corrected chi connectivity index (χ2v) is 9.38. The summed E-state index contributed by atoms with van der Waals surface area (Å²) in [5, 5.41) is 28.9. The van der Waals surface area contributed by atoms with Gasteiger partial charge < -0.3 is 15.7 Å². The first kappa shape index (κ1) is 26.0. The maximum Gasteiger partial charge on any atom is 0.434 e. The molecule has 0 aliphatic heterocycles. The van der Waals surface area contributed by atoms with Crippen molar-refractivity contribution in [3.63, 3.8) is 0 Å². The molecule has 4 aromatic heterocycles. The Morgan fingerprint density at radius 2 is 2.03 bits per heavy atom. The van der Waals surface area contributed by atoms with Crippen LogP contribution in [-0.4, -0.2) is 48.9 Å². The Labute approximate surface area is 211 Å². The van der Waals surface area contributed by atoms with Gasteiger partial charge in [-0.05, 0) is 38.1 Å². The number of aromatic nitrogens is 4. The molecule has 4 rings (SSSR count). The van der Waals surface area contributed by atoms with Crippen LogP contribution in [0.15, 0.2) is 42.0 Å². The van der Waals surface area contributed by atoms with Gasteiger partial charge in [-0.2, -0.15) is 23.5 Å². The summed E-state index contributed by atoms with van der Waals surface area (Å²) in [6.07, 6.45) is -3.87. The van der Waals surface area contributed by atoms with E-state index in [-0.39, 0.29) is 16.4 Å². The number of carbonyl (C=O) groups is 1. The van der Waals surface area contributed by atoms with E-state index in [4.69, 9.17) is 5.26 Å². The zero-order chi connectivity index (χ0) is 27.0. The van der Waals surface area contributed by atoms with Crippen LogP contribution >= 0.6 is 11.3 Å². The number of fused-ring (bicyclic) bond motifs is 1. The van der Waals surface area contributed by atoms with Crippen molar-refractivity contribution in [1.82, 2.24) is 24.9 Å². The number of nitriles is 1. The lowest BCUT2D eigenvalue weighted by Gasteiger charge is -2.22. The summed E-state index contributed by atoms with van der Waals surface area (Å²) in [5.74, 6) is -0.766. The van der Waals surface area contributed by atoms with E-state index in [0.29, 0.717) is 33.8 Å². The monoisotopic (exact) mass is 533 g/mol. The van der Waals surface area contributed by atoms with Crippen molar-refractivity contribution in [2.24, 2.45) is 0 Å². The molecule has 1 atom stereocenters. The third kappa shape index (κ3) is 5.68. The number of anilines is 2. The van der Waals surface area contributed by atoms with E-state index < -0.39 is 36.1 Å². The van der Waals surface area contributed by atoms with Crippen LogP contribution in [0.1, 0.15) is 35.5 Å². The minimum atomic E-state index is -4.65. The Morgan fingerprint density at radius 3 is 2.68 bits per heavy atom. The molecule has 0 aromatic carbocycles. The quantitative estimate of drug-likeness (QED) is 0.302. The van der Waals surface area contributed by atoms with Gasteiger partial charge in [-0.15, -0.1) is 11.3 Å². The molecular weight excluding hydrogens is 514 g/mol. The number of nitrogens with zero attached hydrogens (tertiary/aromatic N) is 5. The molecule has 0 spiro atoms. The molecule has 0 saturated heterocycles. The van der Waals surface area contributed by atoms with Crippen molar-refractivity contribution < 1.29 is 27.5 Å². The SMILES string of the molecule is CC(C)(O)C(F)CNC(=O)c1cnc(-c2ccc3cc(C#N)cnn23)cc1Nc1nc(C(F)(F)F)cs1. The van der Waals surface area contributed by atoms with Gasteiger partial charge in [0.1, 0.15) is 12.2 Å². The molecule has 0 aliphatic carbocycles. The lowest BCUT2D eigenvalue weighted by atomic mass is 10.0. The number of nitrogens with one attached hydrogen (secondary N) is 2. The highest BCUT2D eigenvalue weighted by atomic mass is 32.1. The minimum Gasteiger partial charge on any atom is -0.387 e. The fraction of sp³-hybridized carbons (Fsp3) is 0.261. The minimum absolute atomic E-state index is 0.0628. The van der Waals surface area contributed by atoms with Crippen molar-refractivity contribution in [1.29, 1.82) is 5.26 Å². The maximum absolute atomic E-state index is 14.2. The number of aliphatic hydroxyl groups is 1. The molecule has 0 aliphatic rings. The van der Waals surface area contributed by atoms with E-state index in [0.717, 1.165) is 5.38 Å². The molecule has 9 nitrogen and oxygen atoms in total. The molecule has 1 amide bonds. The summed E-state index contributed by atoms with van der Waals surface area (Å²) in [7, 11) is 0. The lowest BCUT2D eigenvalue weighted by molar-refractivity contribution is -0.140. The number of carbonyl (C=O) groups excluding carboxylic acids is 1. The average Bonchev–Trinajstić information content (AvgIpc) is 3.48. The normalized spacial score (nSPS) is 12.8. The summed E-state index contributed by atoms with van der Waals surface area (Å²) < 4.78 is 54.8. The highest BCUT2D eigenvalue weighted by Crippen LogP contribution is 2.34. The molecule has 0 bridgehead atoms. The predicted molar refractivity (Wildman–Crippen MR) is 127 cm³/mol. The molecule has 37 heavy (non-hydrogen) atoms. The van der Waals surface area contributed by atoms with Gasteiger partial charge in [0, 0.05) is 11.6 Å². The smallest absolute Gasteiger partial charge is 0.387 e. The first-order chi connectivity index (χ1) is 17.4. The lowest BCUT2D eigenvalue weighted by Crippen LogP contribution is -2.42. The fourth-order valence-corrected chi connectivity index (χ4v) is 3.97. The second-order valence-electron chi connectivity index (χ2n) is 8.52. The van der Waals surface area contributed by atoms with Gasteiger partial charge in [0.2, 0.25) is 0 Å². The molecule has 0 saturated carbocycles. The first-order valence-corrected chi connectivity index (χ1v) is 11.6. The summed E-state index contributed by atoms with van der Waals surface area (Å²) in [6.45, 7) is 2.00. The second kappa shape index (κ2) is 9.75. The Bertz CT molecular complexity index is 1500. The Balaban J connectivity index is 1.71. The van der Waals surface area contributed by atoms with Gasteiger partial charge in [0.15, 0.2) is 10.8 Å². The van der Waals surface area contributed by atoms with Crippen LogP contribution in [0, 0.1) is 11.3 Å². The van der Waals surface area contributed by atoms with Crippen molar-refractivity contribution in [3.8, 4) is 17.5 Å². The van der Waals surface area contributed by atoms with Crippen LogP contribution in [0.4, 0.5) is 28.4 Å². The van der Waals surface area contributed by atoms with E-state index in [2.05, 4.69) is 25.7 Å². The van der Waals surface area contributed by atoms with Gasteiger partial charge >= 0.3 is 6.18 Å². The van der Waals surface area contributed by atoms with Crippen LogP contribution in [0.2, 0.25) is 0 Å². The highest BCUT2D eigenvalue weighted by Gasteiger charge is 2.34. The Morgan fingerprint density at radius 1 is 1.27 bits per heavy atom. The molecule has 192 valence electrons. The Hall–Kier alpha value is -4.09. The van der Waals surface area contributed by atoms with Crippen LogP contribution in [0.3, 0.4) is 0 Å². The molecule has 4 heterocycles. The van der Waals surface area contributed by atoms with Crippen LogP contribution in [0.25, 0.3) is 16.9 Å². The van der Waals surface area contributed by atoms with Gasteiger partial charge in [0.05, 0.1) is 52.1 Å². The summed E-state index contributed by atoms with van der Waals surface area (Å²) in [6, 6.07) is 8.41. The van der Waals surface area contributed by atoms with Gasteiger partial charge in [-0.3, -0.25) is 9.78 Å². The first-order valence-electron chi connectivity index (χ1n) is 10.7. The van der Waals surface area contributed by atoms with Crippen LogP contribution in [0.5, 0.6) is 0 Å². The average molecular weight is 534 g/mol. The summed E-state index contributed by atoms with van der Waals surface area (Å²) >= 11 is 0.688. The zero-order valence-electron chi connectivity index (χ0n) is 19.3. The van der Waals surface area contributed by atoms with E-state index in [1.54, 1.807) is 18.2 Å². The van der Waals surface area contributed by atoms with E-state index >= 15 is 0 Å². The molecule has 0 radical (unpaired) electrons. The molecule has 0 fully saturated rings. The standard InChI is InChI=1S/C23H19F4N7O2S/c1-22(2,36)18(24)10-30-20(35)14-9-29-16(17-4-3-13-5-12(7-28)8-31-34(13)17)6-15(14)32-21-33-19(11-37-21)23(25,26)27/h3-6,8-9,11,18,36H,10H2,1-2H3,(H,30,35)(H,29,32,33). The summed E-state index contributed by atoms with van der Waals surface area (Å²) in [4.78, 5) is 20.7. The number of halogens is 4. The molecular formula is C23H19F4N7O2S. The Kier molecular flexibility index (Phi) is 6.85. The number of hydrogen-bond acceptors (Lipinski definition) is 8. The maximum atomic E-state index is 14.2. The third-order valence-corrected chi connectivity index (χ3v) is 6.04. The number of hydrogen-bond donors (Lipinski definition) is 3. The van der Waals surface area contributed by atoms with Gasteiger partial charge in [0.25, 0.3) is 5.91 Å². The largest absolute Gasteiger partial charge is 0.434 e. The number of alkyl halides is 4. The highest BCUT2D eigenvalue weighted by molar-refractivity contribution is 7.13. The van der Waals surface area contributed by atoms with Crippen LogP contribution < -0.4 is 10.6 Å². The molecule has 1 unspecified atom stereocenters. The predicted octanol–water partition coefficient (Wildman–Crippen LogP) is 4.33. The van der Waals surface area contributed by atoms with Crippen molar-refractivity contribution >= 4 is 33.6 Å². The molecule has 3 N–H and O–H groups in total. The zero-order valence-corrected chi connectivity index (χ0v) is 20.2. The molecule has 14 heteroatoms. The van der Waals surface area contributed by atoms with Crippen molar-refractivity contribution in [2.45, 2.75) is 31.8 Å². The number of rotatable bonds is 7. The number of amides is 1. The number of pyridine rings is 1. The molecule has 4 aromatic rings. The summed E-state index contributed by atoms with van der Waals surface area (Å²) in [5.41, 5.74) is -1.08. The van der Waals surface area contributed by atoms with E-state index in [9.17, 15) is 27.5 Å². The fourth-order valence-electron chi connectivity index (χ4n) is 3.24. The van der Waals surface area contributed by atoms with E-state index in [1.165, 1.54) is 36.8 Å². The van der Waals surface area contributed by atoms with Crippen molar-refractivity contribution in [2.75, 3.05) is 11.9 Å². The van der Waals surface area contributed by atoms with Gasteiger partial charge in [-0.1, -0.05) is 0 Å². The third-order valence-electron chi connectivity index (χ3n) is 5.29. The van der Waals surface area contributed by atoms with E-state index in [1.807, 2.05) is 6.07 Å². The van der Waals surface area contributed by atoms with Crippen LogP contribution in [-0.2, 0) is 6.18 Å². The van der Waals surface area contributed by atoms with Gasteiger partial charge in [-0.25, -0.2) is 13.9 Å². The van der Waals surface area contributed by atoms with Crippen molar-refractivity contribution in [3.05, 3.63) is 58.9 Å². The number of thiazole rings is 1. The topological polar surface area (TPSA) is 128 Å².